The summed E-state index contributed by atoms with van der Waals surface area (Å²) in [6, 6.07) is 6.08. The van der Waals surface area contributed by atoms with E-state index in [9.17, 15) is 24.3 Å². The fourth-order valence-corrected chi connectivity index (χ4v) is 4.53. The van der Waals surface area contributed by atoms with E-state index in [0.717, 1.165) is 10.5 Å². The zero-order valence-corrected chi connectivity index (χ0v) is 17.5. The molecular formula is C19H19ClN2O7S. The molecule has 2 amide bonds. The minimum Gasteiger partial charge on any atom is -0.484 e. The van der Waals surface area contributed by atoms with Crippen LogP contribution in [0.2, 0.25) is 0 Å². The Hall–Kier alpha value is -2.72. The summed E-state index contributed by atoms with van der Waals surface area (Å²) < 4.78 is 10.3. The summed E-state index contributed by atoms with van der Waals surface area (Å²) in [6.45, 7) is 0.725. The number of benzene rings is 1. The Morgan fingerprint density at radius 1 is 1.30 bits per heavy atom. The van der Waals surface area contributed by atoms with Gasteiger partial charge in [0.2, 0.25) is 0 Å². The van der Waals surface area contributed by atoms with Crippen molar-refractivity contribution in [3.63, 3.8) is 0 Å². The molecule has 1 saturated heterocycles. The van der Waals surface area contributed by atoms with E-state index in [1.165, 1.54) is 18.7 Å². The number of esters is 1. The van der Waals surface area contributed by atoms with E-state index in [2.05, 4.69) is 5.32 Å². The first kappa shape index (κ1) is 22.0. The van der Waals surface area contributed by atoms with Gasteiger partial charge in [0.05, 0.1) is 0 Å². The van der Waals surface area contributed by atoms with Crippen LogP contribution in [0.15, 0.2) is 35.5 Å². The molecule has 0 saturated carbocycles. The molecule has 3 rings (SSSR count). The van der Waals surface area contributed by atoms with Crippen molar-refractivity contribution in [2.75, 3.05) is 19.0 Å². The molecule has 0 aliphatic carbocycles. The number of hydrogen-bond donors (Lipinski definition) is 2. The molecule has 2 aliphatic heterocycles. The van der Waals surface area contributed by atoms with Crippen molar-refractivity contribution in [1.29, 1.82) is 0 Å². The number of halogens is 1. The highest BCUT2D eigenvalue weighted by molar-refractivity contribution is 8.00. The van der Waals surface area contributed by atoms with Crippen LogP contribution in [0.1, 0.15) is 12.5 Å². The molecule has 30 heavy (non-hydrogen) atoms. The lowest BCUT2D eigenvalue weighted by atomic mass is 10.0. The predicted octanol–water partition coefficient (Wildman–Crippen LogP) is 1.11. The first-order valence-corrected chi connectivity index (χ1v) is 10.5. The largest absolute Gasteiger partial charge is 0.484 e. The smallest absolute Gasteiger partial charge is 0.352 e. The van der Waals surface area contributed by atoms with Crippen molar-refractivity contribution in [2.24, 2.45) is 0 Å². The van der Waals surface area contributed by atoms with Crippen LogP contribution >= 0.6 is 23.4 Å². The van der Waals surface area contributed by atoms with Gasteiger partial charge in [-0.1, -0.05) is 12.1 Å². The molecule has 0 aromatic heterocycles. The second kappa shape index (κ2) is 9.40. The molecule has 2 heterocycles. The normalized spacial score (nSPS) is 20.2. The number of carbonyl (C=O) groups is 4. The van der Waals surface area contributed by atoms with E-state index < -0.39 is 35.2 Å². The summed E-state index contributed by atoms with van der Waals surface area (Å²) in [7, 11) is 0. The van der Waals surface area contributed by atoms with Gasteiger partial charge in [-0.15, -0.1) is 23.4 Å². The zero-order chi connectivity index (χ0) is 21.8. The first-order chi connectivity index (χ1) is 14.3. The molecule has 1 aromatic carbocycles. The van der Waals surface area contributed by atoms with Crippen molar-refractivity contribution < 1.29 is 33.8 Å². The Morgan fingerprint density at radius 2 is 2.00 bits per heavy atom. The highest BCUT2D eigenvalue weighted by Crippen LogP contribution is 2.40. The fourth-order valence-electron chi connectivity index (χ4n) is 3.02. The number of amides is 2. The van der Waals surface area contributed by atoms with Gasteiger partial charge < -0.3 is 19.9 Å². The molecule has 2 unspecified atom stereocenters. The maximum Gasteiger partial charge on any atom is 0.352 e. The number of carboxylic acid groups (broad SMARTS) is 1. The number of carbonyl (C=O) groups excluding carboxylic acids is 3. The third-order valence-electron chi connectivity index (χ3n) is 4.46. The Kier molecular flexibility index (Phi) is 6.88. The third kappa shape index (κ3) is 4.71. The van der Waals surface area contributed by atoms with Gasteiger partial charge in [0.1, 0.15) is 29.5 Å². The van der Waals surface area contributed by atoms with Gasteiger partial charge in [0, 0.05) is 24.1 Å². The number of alkyl halides is 1. The minimum atomic E-state index is -1.29. The van der Waals surface area contributed by atoms with Crippen LogP contribution in [0.5, 0.6) is 5.75 Å². The Morgan fingerprint density at radius 3 is 2.60 bits per heavy atom. The monoisotopic (exact) mass is 454 g/mol. The minimum absolute atomic E-state index is 0.201. The molecule has 0 spiro atoms. The molecule has 1 fully saturated rings. The van der Waals surface area contributed by atoms with Crippen LogP contribution in [0, 0.1) is 0 Å². The highest BCUT2D eigenvalue weighted by atomic mass is 35.5. The molecule has 2 N–H and O–H groups in total. The summed E-state index contributed by atoms with van der Waals surface area (Å²) >= 11 is 7.01. The molecule has 1 aromatic rings. The van der Waals surface area contributed by atoms with E-state index in [0.29, 0.717) is 17.2 Å². The number of ether oxygens (including phenoxy) is 2. The van der Waals surface area contributed by atoms with Crippen LogP contribution in [0.4, 0.5) is 0 Å². The zero-order valence-electron chi connectivity index (χ0n) is 15.9. The second-order valence-electron chi connectivity index (χ2n) is 6.56. The van der Waals surface area contributed by atoms with Gasteiger partial charge in [-0.25, -0.2) is 4.79 Å². The van der Waals surface area contributed by atoms with Gasteiger partial charge in [-0.2, -0.15) is 0 Å². The number of carboxylic acids is 1. The number of rotatable bonds is 8. The van der Waals surface area contributed by atoms with Crippen LogP contribution < -0.4 is 10.1 Å². The van der Waals surface area contributed by atoms with Gasteiger partial charge in [-0.3, -0.25) is 19.3 Å². The van der Waals surface area contributed by atoms with Gasteiger partial charge in [0.25, 0.3) is 11.8 Å². The lowest BCUT2D eigenvalue weighted by molar-refractivity contribution is -0.151. The van der Waals surface area contributed by atoms with Gasteiger partial charge in [0.15, 0.2) is 6.61 Å². The highest BCUT2D eigenvalue weighted by Gasteiger charge is 2.54. The first-order valence-electron chi connectivity index (χ1n) is 8.92. The Bertz CT molecular complexity index is 903. The SMILES string of the molecule is CC(=O)OCC1=C(C(=O)O)N2C(=O)C(NC(=O)COc3ccc(CCl)cc3)C2SC1. The average Bonchev–Trinajstić information content (AvgIpc) is 2.73. The van der Waals surface area contributed by atoms with E-state index in [-0.39, 0.29) is 24.7 Å². The maximum atomic E-state index is 12.5. The van der Waals surface area contributed by atoms with Crippen LogP contribution in [0.25, 0.3) is 0 Å². The number of thioether (sulfide) groups is 1. The summed E-state index contributed by atoms with van der Waals surface area (Å²) in [5.41, 5.74) is 1.05. The molecule has 2 atom stereocenters. The lowest BCUT2D eigenvalue weighted by Gasteiger charge is -2.49. The molecule has 0 radical (unpaired) electrons. The topological polar surface area (TPSA) is 122 Å². The number of aliphatic carboxylic acids is 1. The van der Waals surface area contributed by atoms with E-state index in [4.69, 9.17) is 21.1 Å². The van der Waals surface area contributed by atoms with Crippen molar-refractivity contribution in [1.82, 2.24) is 10.2 Å². The summed E-state index contributed by atoms with van der Waals surface area (Å²) in [6.07, 6.45) is 0. The van der Waals surface area contributed by atoms with Crippen LogP contribution in [0.3, 0.4) is 0 Å². The molecule has 11 heteroatoms. The molecule has 2 aliphatic rings. The summed E-state index contributed by atoms with van der Waals surface area (Å²) in [5.74, 6) is -1.75. The van der Waals surface area contributed by atoms with Crippen molar-refractivity contribution in [3.8, 4) is 5.75 Å². The number of β-lactam (4-membered cyclic amide) rings is 1. The quantitative estimate of drug-likeness (QED) is 0.340. The van der Waals surface area contributed by atoms with Gasteiger partial charge in [-0.05, 0) is 17.7 Å². The average molecular weight is 455 g/mol. The van der Waals surface area contributed by atoms with Crippen molar-refractivity contribution in [2.45, 2.75) is 24.2 Å². The van der Waals surface area contributed by atoms with E-state index in [1.807, 2.05) is 0 Å². The summed E-state index contributed by atoms with van der Waals surface area (Å²) in [5, 5.41) is 11.6. The predicted molar refractivity (Wildman–Crippen MR) is 108 cm³/mol. The van der Waals surface area contributed by atoms with Crippen LogP contribution in [-0.4, -0.2) is 64.1 Å². The number of fused-ring (bicyclic) bond motifs is 1. The fraction of sp³-hybridized carbons (Fsp3) is 0.368. The van der Waals surface area contributed by atoms with E-state index in [1.54, 1.807) is 24.3 Å². The number of nitrogens with zero attached hydrogens (tertiary/aromatic N) is 1. The maximum absolute atomic E-state index is 12.5. The Labute approximate surface area is 181 Å². The molecular weight excluding hydrogens is 436 g/mol. The summed E-state index contributed by atoms with van der Waals surface area (Å²) in [4.78, 5) is 48.5. The van der Waals surface area contributed by atoms with E-state index >= 15 is 0 Å². The standard InChI is InChI=1S/C19H19ClN2O7S/c1-10(23)28-7-12-9-30-18-15(17(25)22(18)16(12)19(26)27)21-14(24)8-29-13-4-2-11(6-20)3-5-13/h2-5,15,18H,6-9H2,1H3,(H,21,24)(H,26,27). The lowest BCUT2D eigenvalue weighted by Crippen LogP contribution is -2.71. The van der Waals surface area contributed by atoms with Gasteiger partial charge >= 0.3 is 11.9 Å². The number of nitrogens with one attached hydrogen (secondary N) is 1. The Balaban J connectivity index is 1.59. The molecule has 160 valence electrons. The molecule has 0 bridgehead atoms. The number of hydrogen-bond acceptors (Lipinski definition) is 7. The second-order valence-corrected chi connectivity index (χ2v) is 7.93. The van der Waals surface area contributed by atoms with Crippen LogP contribution in [-0.2, 0) is 29.8 Å². The third-order valence-corrected chi connectivity index (χ3v) is 6.11. The van der Waals surface area contributed by atoms with Crippen molar-refractivity contribution in [3.05, 3.63) is 41.1 Å². The molecule has 9 nitrogen and oxygen atoms in total. The van der Waals surface area contributed by atoms with Crippen molar-refractivity contribution >= 4 is 47.1 Å².